The summed E-state index contributed by atoms with van der Waals surface area (Å²) in [6.45, 7) is -0.197. The van der Waals surface area contributed by atoms with E-state index in [0.29, 0.717) is 12.8 Å². The second kappa shape index (κ2) is 5.98. The molecule has 7 heteroatoms. The number of carboxylic acid groups (broad SMARTS) is 1. The normalized spacial score (nSPS) is 21.1. The number of rotatable bonds is 4. The predicted molar refractivity (Wildman–Crippen MR) is 71.8 cm³/mol. The molecule has 0 radical (unpaired) electrons. The minimum absolute atomic E-state index is 0.00273. The number of halogens is 3. The monoisotopic (exact) mass is 315 g/mol. The van der Waals surface area contributed by atoms with Gasteiger partial charge in [0.05, 0.1) is 17.4 Å². The molecule has 0 bridgehead atoms. The number of benzene rings is 1. The fourth-order valence-electron chi connectivity index (χ4n) is 2.64. The van der Waals surface area contributed by atoms with E-state index in [1.54, 1.807) is 0 Å². The number of carboxylic acids is 1. The fourth-order valence-corrected chi connectivity index (χ4v) is 2.64. The Morgan fingerprint density at radius 3 is 2.32 bits per heavy atom. The van der Waals surface area contributed by atoms with E-state index in [2.05, 4.69) is 0 Å². The van der Waals surface area contributed by atoms with E-state index in [-0.39, 0.29) is 12.1 Å². The van der Waals surface area contributed by atoms with Crippen LogP contribution in [-0.4, -0.2) is 28.9 Å². The molecule has 1 N–H and O–H groups in total. The third-order valence-electron chi connectivity index (χ3n) is 4.02. The predicted octanol–water partition coefficient (Wildman–Crippen LogP) is 2.77. The van der Waals surface area contributed by atoms with Gasteiger partial charge in [-0.05, 0) is 24.5 Å². The molecule has 1 fully saturated rings. The minimum Gasteiger partial charge on any atom is -0.481 e. The van der Waals surface area contributed by atoms with Gasteiger partial charge >= 0.3 is 12.1 Å². The fraction of sp³-hybridized carbons (Fsp3) is 0.467. The van der Waals surface area contributed by atoms with Gasteiger partial charge in [-0.15, -0.1) is 0 Å². The summed E-state index contributed by atoms with van der Waals surface area (Å²) < 4.78 is 38.8. The van der Waals surface area contributed by atoms with Crippen LogP contribution in [0.1, 0.15) is 24.0 Å². The highest BCUT2D eigenvalue weighted by Crippen LogP contribution is 2.37. The highest BCUT2D eigenvalue weighted by molar-refractivity contribution is 5.86. The molecule has 1 aromatic rings. The van der Waals surface area contributed by atoms with Crippen molar-refractivity contribution in [2.45, 2.75) is 25.6 Å². The second-order valence-electron chi connectivity index (χ2n) is 5.48. The van der Waals surface area contributed by atoms with Gasteiger partial charge < -0.3 is 10.0 Å². The van der Waals surface area contributed by atoms with Gasteiger partial charge in [0.2, 0.25) is 5.91 Å². The molecule has 1 aromatic carbocycles. The van der Waals surface area contributed by atoms with E-state index in [1.807, 2.05) is 0 Å². The molecule has 2 unspecified atom stereocenters. The molecule has 1 aliphatic carbocycles. The number of hydrogen-bond acceptors (Lipinski definition) is 2. The number of nitrogens with zero attached hydrogens (tertiary/aromatic N) is 1. The van der Waals surface area contributed by atoms with Crippen molar-refractivity contribution in [2.24, 2.45) is 11.8 Å². The van der Waals surface area contributed by atoms with Gasteiger partial charge in [-0.25, -0.2) is 0 Å². The SMILES string of the molecule is CN(Cc1ccccc1C(F)(F)F)C(=O)C1CCC1C(=O)O. The highest BCUT2D eigenvalue weighted by Gasteiger charge is 2.43. The molecular formula is C15H16F3NO3. The molecule has 0 saturated heterocycles. The molecule has 2 rings (SSSR count). The third kappa shape index (κ3) is 3.23. The molecule has 120 valence electrons. The van der Waals surface area contributed by atoms with Crippen LogP contribution in [0.4, 0.5) is 13.2 Å². The molecule has 0 aliphatic heterocycles. The second-order valence-corrected chi connectivity index (χ2v) is 5.48. The number of aliphatic carboxylic acids is 1. The van der Waals surface area contributed by atoms with Crippen molar-refractivity contribution < 1.29 is 27.9 Å². The lowest BCUT2D eigenvalue weighted by Gasteiger charge is -2.35. The Morgan fingerprint density at radius 2 is 1.82 bits per heavy atom. The van der Waals surface area contributed by atoms with Crippen molar-refractivity contribution >= 4 is 11.9 Å². The summed E-state index contributed by atoms with van der Waals surface area (Å²) in [5.41, 5.74) is -0.782. The first-order chi connectivity index (χ1) is 10.2. The molecule has 0 spiro atoms. The maximum Gasteiger partial charge on any atom is 0.416 e. The Morgan fingerprint density at radius 1 is 1.23 bits per heavy atom. The van der Waals surface area contributed by atoms with Crippen LogP contribution < -0.4 is 0 Å². The Kier molecular flexibility index (Phi) is 4.44. The quantitative estimate of drug-likeness (QED) is 0.929. The van der Waals surface area contributed by atoms with Crippen LogP contribution in [0.3, 0.4) is 0 Å². The van der Waals surface area contributed by atoms with E-state index in [1.165, 1.54) is 30.1 Å². The van der Waals surface area contributed by atoms with Crippen molar-refractivity contribution in [3.8, 4) is 0 Å². The zero-order valence-electron chi connectivity index (χ0n) is 11.9. The molecular weight excluding hydrogens is 299 g/mol. The lowest BCUT2D eigenvalue weighted by Crippen LogP contribution is -2.44. The van der Waals surface area contributed by atoms with Gasteiger partial charge in [0.1, 0.15) is 0 Å². The Bertz CT molecular complexity index is 586. The number of carbonyl (C=O) groups is 2. The summed E-state index contributed by atoms with van der Waals surface area (Å²) >= 11 is 0. The summed E-state index contributed by atoms with van der Waals surface area (Å²) in [4.78, 5) is 24.3. The zero-order chi connectivity index (χ0) is 16.5. The highest BCUT2D eigenvalue weighted by atomic mass is 19.4. The largest absolute Gasteiger partial charge is 0.481 e. The van der Waals surface area contributed by atoms with Crippen LogP contribution in [0.2, 0.25) is 0 Å². The lowest BCUT2D eigenvalue weighted by molar-refractivity contribution is -0.156. The molecule has 0 aromatic heterocycles. The maximum absolute atomic E-state index is 12.9. The minimum atomic E-state index is -4.49. The molecule has 1 amide bonds. The van der Waals surface area contributed by atoms with Crippen LogP contribution in [0.5, 0.6) is 0 Å². The van der Waals surface area contributed by atoms with Crippen LogP contribution >= 0.6 is 0 Å². The number of alkyl halides is 3. The van der Waals surface area contributed by atoms with E-state index >= 15 is 0 Å². The molecule has 0 heterocycles. The van der Waals surface area contributed by atoms with Crippen molar-refractivity contribution in [3.63, 3.8) is 0 Å². The number of amides is 1. The number of carbonyl (C=O) groups excluding carboxylic acids is 1. The van der Waals surface area contributed by atoms with Gasteiger partial charge in [-0.3, -0.25) is 9.59 Å². The third-order valence-corrected chi connectivity index (χ3v) is 4.02. The first-order valence-corrected chi connectivity index (χ1v) is 6.84. The first kappa shape index (κ1) is 16.3. The summed E-state index contributed by atoms with van der Waals surface area (Å²) in [6.07, 6.45) is -3.60. The zero-order valence-corrected chi connectivity index (χ0v) is 11.9. The summed E-state index contributed by atoms with van der Waals surface area (Å²) in [5, 5.41) is 8.96. The van der Waals surface area contributed by atoms with Gasteiger partial charge in [-0.2, -0.15) is 13.2 Å². The van der Waals surface area contributed by atoms with E-state index in [0.717, 1.165) is 6.07 Å². The number of hydrogen-bond donors (Lipinski definition) is 1. The van der Waals surface area contributed by atoms with Crippen molar-refractivity contribution in [2.75, 3.05) is 7.05 Å². The molecule has 22 heavy (non-hydrogen) atoms. The first-order valence-electron chi connectivity index (χ1n) is 6.84. The summed E-state index contributed by atoms with van der Waals surface area (Å²) in [6, 6.07) is 5.06. The Hall–Kier alpha value is -2.05. The summed E-state index contributed by atoms with van der Waals surface area (Å²) in [7, 11) is 1.40. The average molecular weight is 315 g/mol. The van der Waals surface area contributed by atoms with E-state index < -0.39 is 35.5 Å². The van der Waals surface area contributed by atoms with Gasteiger partial charge in [0.25, 0.3) is 0 Å². The average Bonchev–Trinajstić information content (AvgIpc) is 2.35. The van der Waals surface area contributed by atoms with E-state index in [9.17, 15) is 22.8 Å². The van der Waals surface area contributed by atoms with Gasteiger partial charge in [-0.1, -0.05) is 18.2 Å². The maximum atomic E-state index is 12.9. The van der Waals surface area contributed by atoms with Crippen LogP contribution in [0, 0.1) is 11.8 Å². The topological polar surface area (TPSA) is 57.6 Å². The van der Waals surface area contributed by atoms with Crippen LogP contribution in [-0.2, 0) is 22.3 Å². The van der Waals surface area contributed by atoms with Crippen molar-refractivity contribution in [1.82, 2.24) is 4.90 Å². The van der Waals surface area contributed by atoms with Gasteiger partial charge in [0, 0.05) is 13.6 Å². The molecule has 1 saturated carbocycles. The van der Waals surface area contributed by atoms with Crippen molar-refractivity contribution in [1.29, 1.82) is 0 Å². The lowest BCUT2D eigenvalue weighted by atomic mass is 9.73. The van der Waals surface area contributed by atoms with Gasteiger partial charge in [0.15, 0.2) is 0 Å². The van der Waals surface area contributed by atoms with Crippen molar-refractivity contribution in [3.05, 3.63) is 35.4 Å². The van der Waals surface area contributed by atoms with E-state index in [4.69, 9.17) is 5.11 Å². The molecule has 1 aliphatic rings. The Balaban J connectivity index is 2.11. The molecule has 4 nitrogen and oxygen atoms in total. The smallest absolute Gasteiger partial charge is 0.416 e. The molecule has 2 atom stereocenters. The summed E-state index contributed by atoms with van der Waals surface area (Å²) in [5.74, 6) is -2.82. The van der Waals surface area contributed by atoms with Crippen LogP contribution in [0.25, 0.3) is 0 Å². The standard InChI is InChI=1S/C15H16F3NO3/c1-19(13(20)10-6-7-11(10)14(21)22)8-9-4-2-3-5-12(9)15(16,17)18/h2-5,10-11H,6-8H2,1H3,(H,21,22). The Labute approximate surface area is 125 Å². The van der Waals surface area contributed by atoms with Crippen LogP contribution in [0.15, 0.2) is 24.3 Å².